The Balaban J connectivity index is 1.71. The molecule has 0 heterocycles. The molecule has 0 aliphatic rings. The van der Waals surface area contributed by atoms with E-state index in [-0.39, 0.29) is 22.3 Å². The summed E-state index contributed by atoms with van der Waals surface area (Å²) in [6.07, 6.45) is 0.578. The van der Waals surface area contributed by atoms with Gasteiger partial charge < -0.3 is 20.8 Å². The Morgan fingerprint density at radius 2 is 1.51 bits per heavy atom. The third kappa shape index (κ3) is 7.20. The number of aromatic carboxylic acids is 2. The lowest BCUT2D eigenvalue weighted by molar-refractivity contribution is -0.115. The molecule has 9 heteroatoms. The van der Waals surface area contributed by atoms with Crippen LogP contribution in [0.2, 0.25) is 0 Å². The SMILES string of the molecule is CCC(Sc1cccc(NC(=O)c2ccc(C(=O)O)cc2C(=O)O)c1)C(=O)Nc1ccc(C(C)C)cc1. The summed E-state index contributed by atoms with van der Waals surface area (Å²) >= 11 is 1.35. The Bertz CT molecular complexity index is 1320. The Kier molecular flexibility index (Phi) is 9.08. The number of hydrogen-bond acceptors (Lipinski definition) is 5. The van der Waals surface area contributed by atoms with Crippen LogP contribution in [0.5, 0.6) is 0 Å². The smallest absolute Gasteiger partial charge is 0.336 e. The Morgan fingerprint density at radius 1 is 0.811 bits per heavy atom. The van der Waals surface area contributed by atoms with Crippen molar-refractivity contribution in [2.75, 3.05) is 10.6 Å². The van der Waals surface area contributed by atoms with E-state index in [1.165, 1.54) is 29.5 Å². The van der Waals surface area contributed by atoms with Crippen molar-refractivity contribution in [3.8, 4) is 0 Å². The number of thioether (sulfide) groups is 1. The lowest BCUT2D eigenvalue weighted by atomic mass is 10.0. The number of anilines is 2. The molecular formula is C28H28N2O6S. The standard InChI is InChI=1S/C28H28N2O6S/c1-4-24(26(32)29-19-11-8-17(9-12-19)16(2)3)37-21-7-5-6-20(15-21)30-25(31)22-13-10-18(27(33)34)14-23(22)28(35)36/h5-16,24H,4H2,1-3H3,(H,29,32)(H,30,31)(H,33,34)(H,35,36). The maximum Gasteiger partial charge on any atom is 0.336 e. The minimum Gasteiger partial charge on any atom is -0.478 e. The molecule has 0 aromatic heterocycles. The fourth-order valence-corrected chi connectivity index (χ4v) is 4.57. The van der Waals surface area contributed by atoms with Crippen LogP contribution in [-0.2, 0) is 4.79 Å². The molecule has 3 rings (SSSR count). The van der Waals surface area contributed by atoms with Gasteiger partial charge >= 0.3 is 11.9 Å². The van der Waals surface area contributed by atoms with E-state index in [4.69, 9.17) is 5.11 Å². The quantitative estimate of drug-likeness (QED) is 0.242. The molecule has 0 bridgehead atoms. The van der Waals surface area contributed by atoms with Crippen LogP contribution in [-0.4, -0.2) is 39.2 Å². The molecule has 8 nitrogen and oxygen atoms in total. The highest BCUT2D eigenvalue weighted by atomic mass is 32.2. The number of carbonyl (C=O) groups excluding carboxylic acids is 2. The van der Waals surface area contributed by atoms with Crippen molar-refractivity contribution < 1.29 is 29.4 Å². The van der Waals surface area contributed by atoms with Gasteiger partial charge in [-0.1, -0.05) is 39.0 Å². The molecule has 0 fully saturated rings. The Labute approximate surface area is 219 Å². The first-order valence-electron chi connectivity index (χ1n) is 11.7. The molecule has 0 saturated carbocycles. The largest absolute Gasteiger partial charge is 0.478 e. The normalized spacial score (nSPS) is 11.6. The van der Waals surface area contributed by atoms with E-state index >= 15 is 0 Å². The van der Waals surface area contributed by atoms with E-state index in [9.17, 15) is 24.3 Å². The fourth-order valence-electron chi connectivity index (χ4n) is 3.56. The van der Waals surface area contributed by atoms with Gasteiger partial charge in [-0.2, -0.15) is 0 Å². The van der Waals surface area contributed by atoms with Crippen molar-refractivity contribution in [1.29, 1.82) is 0 Å². The second-order valence-corrected chi connectivity index (χ2v) is 9.91. The number of rotatable bonds is 10. The lowest BCUT2D eigenvalue weighted by Gasteiger charge is -2.16. The zero-order chi connectivity index (χ0) is 27.1. The van der Waals surface area contributed by atoms with Crippen molar-refractivity contribution in [2.45, 2.75) is 43.3 Å². The van der Waals surface area contributed by atoms with Gasteiger partial charge in [0.25, 0.3) is 5.91 Å². The van der Waals surface area contributed by atoms with E-state index in [2.05, 4.69) is 24.5 Å². The molecule has 1 atom stereocenters. The molecule has 2 amide bonds. The number of carboxylic acids is 2. The van der Waals surface area contributed by atoms with Crippen molar-refractivity contribution in [3.05, 3.63) is 89.0 Å². The van der Waals surface area contributed by atoms with Gasteiger partial charge in [0.05, 0.1) is 21.9 Å². The van der Waals surface area contributed by atoms with Crippen LogP contribution in [0.1, 0.15) is 69.7 Å². The molecule has 3 aromatic carbocycles. The van der Waals surface area contributed by atoms with Crippen molar-refractivity contribution in [1.82, 2.24) is 0 Å². The summed E-state index contributed by atoms with van der Waals surface area (Å²) in [6.45, 7) is 6.13. The predicted molar refractivity (Wildman–Crippen MR) is 144 cm³/mol. The summed E-state index contributed by atoms with van der Waals surface area (Å²) in [6, 6.07) is 17.9. The third-order valence-electron chi connectivity index (χ3n) is 5.62. The van der Waals surface area contributed by atoms with Crippen molar-refractivity contribution >= 4 is 46.9 Å². The van der Waals surface area contributed by atoms with Crippen LogP contribution in [0.25, 0.3) is 0 Å². The first-order valence-corrected chi connectivity index (χ1v) is 12.6. The summed E-state index contributed by atoms with van der Waals surface area (Å²) in [5, 5.41) is 23.8. The van der Waals surface area contributed by atoms with Gasteiger partial charge in [0, 0.05) is 16.3 Å². The average molecular weight is 521 g/mol. The van der Waals surface area contributed by atoms with Gasteiger partial charge in [0.1, 0.15) is 0 Å². The molecule has 192 valence electrons. The van der Waals surface area contributed by atoms with Crippen molar-refractivity contribution in [3.63, 3.8) is 0 Å². The second-order valence-electron chi connectivity index (χ2n) is 8.63. The second kappa shape index (κ2) is 12.2. The number of benzene rings is 3. The molecule has 0 saturated heterocycles. The lowest BCUT2D eigenvalue weighted by Crippen LogP contribution is -2.24. The molecule has 0 aliphatic carbocycles. The van der Waals surface area contributed by atoms with Crippen molar-refractivity contribution in [2.24, 2.45) is 0 Å². The van der Waals surface area contributed by atoms with E-state index in [0.717, 1.165) is 16.6 Å². The van der Waals surface area contributed by atoms with Gasteiger partial charge in [-0.05, 0) is 66.4 Å². The summed E-state index contributed by atoms with van der Waals surface area (Å²) in [4.78, 5) is 49.2. The minimum atomic E-state index is -1.41. The topological polar surface area (TPSA) is 133 Å². The Hall–Kier alpha value is -4.11. The molecule has 37 heavy (non-hydrogen) atoms. The van der Waals surface area contributed by atoms with Crippen LogP contribution >= 0.6 is 11.8 Å². The van der Waals surface area contributed by atoms with Crippen LogP contribution < -0.4 is 10.6 Å². The zero-order valence-corrected chi connectivity index (χ0v) is 21.5. The van der Waals surface area contributed by atoms with Gasteiger partial charge in [-0.25, -0.2) is 9.59 Å². The first kappa shape index (κ1) is 27.5. The summed E-state index contributed by atoms with van der Waals surface area (Å²) in [7, 11) is 0. The Morgan fingerprint density at radius 3 is 2.11 bits per heavy atom. The molecule has 4 N–H and O–H groups in total. The van der Waals surface area contributed by atoms with Gasteiger partial charge in [-0.15, -0.1) is 11.8 Å². The van der Waals surface area contributed by atoms with E-state index in [1.54, 1.807) is 18.2 Å². The van der Waals surface area contributed by atoms with Crippen LogP contribution in [0.3, 0.4) is 0 Å². The van der Waals surface area contributed by atoms with Gasteiger partial charge in [0.15, 0.2) is 0 Å². The summed E-state index contributed by atoms with van der Waals surface area (Å²) < 4.78 is 0. The monoisotopic (exact) mass is 520 g/mol. The zero-order valence-electron chi connectivity index (χ0n) is 20.6. The highest BCUT2D eigenvalue weighted by Crippen LogP contribution is 2.29. The number of carbonyl (C=O) groups is 4. The predicted octanol–water partition coefficient (Wildman–Crippen LogP) is 5.97. The summed E-state index contributed by atoms with van der Waals surface area (Å²) in [5.41, 5.74) is 1.52. The maximum atomic E-state index is 12.9. The molecule has 0 spiro atoms. The van der Waals surface area contributed by atoms with E-state index < -0.39 is 23.4 Å². The van der Waals surface area contributed by atoms with Crippen LogP contribution in [0.15, 0.2) is 71.6 Å². The van der Waals surface area contributed by atoms with E-state index in [1.807, 2.05) is 37.3 Å². The highest BCUT2D eigenvalue weighted by Gasteiger charge is 2.21. The van der Waals surface area contributed by atoms with Crippen LogP contribution in [0.4, 0.5) is 11.4 Å². The summed E-state index contributed by atoms with van der Waals surface area (Å²) in [5.74, 6) is -3.12. The number of carboxylic acid groups (broad SMARTS) is 2. The molecule has 1 unspecified atom stereocenters. The average Bonchev–Trinajstić information content (AvgIpc) is 2.87. The molecule has 3 aromatic rings. The highest BCUT2D eigenvalue weighted by molar-refractivity contribution is 8.00. The third-order valence-corrected chi connectivity index (χ3v) is 6.98. The van der Waals surface area contributed by atoms with E-state index in [0.29, 0.717) is 18.0 Å². The van der Waals surface area contributed by atoms with Crippen LogP contribution in [0, 0.1) is 0 Å². The minimum absolute atomic E-state index is 0.135. The maximum absolute atomic E-state index is 12.9. The molecule has 0 aliphatic heterocycles. The number of hydrogen-bond donors (Lipinski definition) is 4. The van der Waals surface area contributed by atoms with Gasteiger partial charge in [0.2, 0.25) is 5.91 Å². The first-order chi connectivity index (χ1) is 17.6. The number of amides is 2. The molecular weight excluding hydrogens is 492 g/mol. The number of nitrogens with one attached hydrogen (secondary N) is 2. The fraction of sp³-hybridized carbons (Fsp3) is 0.214. The van der Waals surface area contributed by atoms with Gasteiger partial charge in [-0.3, -0.25) is 9.59 Å². The molecule has 0 radical (unpaired) electrons.